The van der Waals surface area contributed by atoms with E-state index in [1.165, 1.54) is 0 Å². The Morgan fingerprint density at radius 2 is 1.81 bits per heavy atom. The van der Waals surface area contributed by atoms with Gasteiger partial charge >= 0.3 is 0 Å². The van der Waals surface area contributed by atoms with Gasteiger partial charge in [0.15, 0.2) is 11.5 Å². The van der Waals surface area contributed by atoms with E-state index >= 15 is 0 Å². The fourth-order valence-electron chi connectivity index (χ4n) is 2.08. The van der Waals surface area contributed by atoms with Crippen LogP contribution < -0.4 is 14.8 Å². The lowest BCUT2D eigenvalue weighted by molar-refractivity contribution is 0.146. The maximum Gasteiger partial charge on any atom is 0.282 e. The number of halogens is 3. The molecular formula is C18H24ClF2N3O2. The number of fused-ring (bicyclic) bond motifs is 1. The molecule has 1 aliphatic rings. The van der Waals surface area contributed by atoms with E-state index in [9.17, 15) is 8.78 Å². The molecule has 144 valence electrons. The van der Waals surface area contributed by atoms with Crippen LogP contribution in [0.25, 0.3) is 0 Å². The molecule has 1 aromatic heterocycles. The summed E-state index contributed by atoms with van der Waals surface area (Å²) in [5, 5.41) is 2.79. The van der Waals surface area contributed by atoms with E-state index in [2.05, 4.69) is 15.3 Å². The van der Waals surface area contributed by atoms with Crippen molar-refractivity contribution in [3.63, 3.8) is 0 Å². The molecule has 0 saturated carbocycles. The average Bonchev–Trinajstić information content (AvgIpc) is 3.14. The highest BCUT2D eigenvalue weighted by Gasteiger charge is 2.17. The van der Waals surface area contributed by atoms with Crippen molar-refractivity contribution in [2.45, 2.75) is 40.5 Å². The van der Waals surface area contributed by atoms with Crippen molar-refractivity contribution in [2.24, 2.45) is 0 Å². The van der Waals surface area contributed by atoms with Crippen LogP contribution in [-0.4, -0.2) is 23.3 Å². The number of hydrogen-bond acceptors (Lipinski definition) is 5. The van der Waals surface area contributed by atoms with E-state index in [1.54, 1.807) is 0 Å². The normalized spacial score (nSPS) is 11.2. The number of aromatic nitrogens is 2. The Morgan fingerprint density at radius 1 is 1.12 bits per heavy atom. The average molecular weight is 388 g/mol. The molecule has 0 radical (unpaired) electrons. The predicted molar refractivity (Wildman–Crippen MR) is 99.5 cm³/mol. The number of rotatable bonds is 5. The van der Waals surface area contributed by atoms with Crippen LogP contribution in [0.5, 0.6) is 11.5 Å². The van der Waals surface area contributed by atoms with Gasteiger partial charge in [-0.1, -0.05) is 45.4 Å². The summed E-state index contributed by atoms with van der Waals surface area (Å²) in [5.41, 5.74) is 0.554. The lowest BCUT2D eigenvalue weighted by atomic mass is 10.1. The third-order valence-corrected chi connectivity index (χ3v) is 3.54. The number of alkyl halides is 2. The molecule has 0 fully saturated rings. The van der Waals surface area contributed by atoms with Gasteiger partial charge < -0.3 is 14.8 Å². The molecule has 0 unspecified atom stereocenters. The van der Waals surface area contributed by atoms with Crippen LogP contribution in [0.1, 0.15) is 45.4 Å². The number of benzene rings is 1. The smallest absolute Gasteiger partial charge is 0.282 e. The van der Waals surface area contributed by atoms with E-state index in [0.29, 0.717) is 18.7 Å². The summed E-state index contributed by atoms with van der Waals surface area (Å²) in [4.78, 5) is 7.36. The topological polar surface area (TPSA) is 56.3 Å². The van der Waals surface area contributed by atoms with Crippen molar-refractivity contribution in [1.82, 2.24) is 9.97 Å². The van der Waals surface area contributed by atoms with E-state index in [0.717, 1.165) is 17.6 Å². The molecule has 0 aliphatic carbocycles. The molecule has 3 rings (SSSR count). The van der Waals surface area contributed by atoms with Gasteiger partial charge in [-0.05, 0) is 24.1 Å². The van der Waals surface area contributed by atoms with Gasteiger partial charge in [-0.3, -0.25) is 0 Å². The first-order valence-electron chi connectivity index (χ1n) is 8.56. The molecule has 0 atom stereocenters. The fourth-order valence-corrected chi connectivity index (χ4v) is 2.33. The number of hydrogen-bond donors (Lipinski definition) is 1. The number of ether oxygens (including phenoxy) is 2. The van der Waals surface area contributed by atoms with E-state index in [4.69, 9.17) is 21.1 Å². The van der Waals surface area contributed by atoms with Gasteiger partial charge in [0, 0.05) is 6.54 Å². The molecular weight excluding hydrogens is 364 g/mol. The molecule has 0 bridgehead atoms. The lowest BCUT2D eigenvalue weighted by Crippen LogP contribution is -2.08. The summed E-state index contributed by atoms with van der Waals surface area (Å²) < 4.78 is 35.9. The molecule has 0 amide bonds. The van der Waals surface area contributed by atoms with E-state index < -0.39 is 12.1 Å². The Labute approximate surface area is 157 Å². The Kier molecular flexibility index (Phi) is 9.65. The maximum absolute atomic E-state index is 12.7. The third-order valence-electron chi connectivity index (χ3n) is 3.17. The summed E-state index contributed by atoms with van der Waals surface area (Å²) in [6.07, 6.45) is -1.01. The highest BCUT2D eigenvalue weighted by atomic mass is 35.5. The summed E-state index contributed by atoms with van der Waals surface area (Å²) >= 11 is 5.86. The molecule has 0 spiro atoms. The van der Waals surface area contributed by atoms with Gasteiger partial charge in [0.2, 0.25) is 6.79 Å². The molecule has 1 aromatic carbocycles. The molecule has 5 nitrogen and oxygen atoms in total. The molecule has 1 N–H and O–H groups in total. The zero-order valence-corrected chi connectivity index (χ0v) is 16.1. The largest absolute Gasteiger partial charge is 0.454 e. The zero-order chi connectivity index (χ0) is 19.5. The second-order valence-corrected chi connectivity index (χ2v) is 4.96. The van der Waals surface area contributed by atoms with Crippen LogP contribution in [0.3, 0.4) is 0 Å². The second-order valence-electron chi connectivity index (χ2n) is 4.59. The van der Waals surface area contributed by atoms with E-state index in [-0.39, 0.29) is 17.6 Å². The van der Waals surface area contributed by atoms with Crippen LogP contribution in [0.4, 0.5) is 14.6 Å². The van der Waals surface area contributed by atoms with Crippen molar-refractivity contribution >= 4 is 17.4 Å². The quantitative estimate of drug-likeness (QED) is 0.733. The molecule has 0 saturated heterocycles. The molecule has 8 heteroatoms. The monoisotopic (exact) mass is 387 g/mol. The highest BCUT2D eigenvalue weighted by molar-refractivity contribution is 6.33. The minimum absolute atomic E-state index is 0.150. The summed E-state index contributed by atoms with van der Waals surface area (Å²) in [5.74, 6) is 1.63. The lowest BCUT2D eigenvalue weighted by Gasteiger charge is -2.09. The van der Waals surface area contributed by atoms with Crippen molar-refractivity contribution in [3.8, 4) is 11.5 Å². The van der Waals surface area contributed by atoms with Gasteiger partial charge in [-0.15, -0.1) is 0 Å². The standard InChI is InChI=1S/C14H12ClF2N3O2.2C2H6/c15-11-12(13(16)17)19-6-20-14(11)18-4-3-8-1-2-9-10(5-8)22-7-21-9;2*1-2/h1-2,5-6,13H,3-4,7H2,(H,18,19,20);2*1-2H3. The maximum atomic E-state index is 12.7. The Balaban J connectivity index is 0.000000791. The summed E-state index contributed by atoms with van der Waals surface area (Å²) in [6.45, 7) is 8.71. The van der Waals surface area contributed by atoms with Crippen LogP contribution >= 0.6 is 11.6 Å². The zero-order valence-electron chi connectivity index (χ0n) is 15.4. The third kappa shape index (κ3) is 5.69. The summed E-state index contributed by atoms with van der Waals surface area (Å²) in [7, 11) is 0. The van der Waals surface area contributed by atoms with Crippen LogP contribution in [-0.2, 0) is 6.42 Å². The van der Waals surface area contributed by atoms with Crippen LogP contribution in [0, 0.1) is 0 Å². The SMILES string of the molecule is CC.CC.FC(F)c1ncnc(NCCc2ccc3c(c2)OCO3)c1Cl. The predicted octanol–water partition coefficient (Wildman–Crippen LogP) is 5.50. The first-order chi connectivity index (χ1) is 12.6. The number of nitrogens with zero attached hydrogens (tertiary/aromatic N) is 2. The number of anilines is 1. The van der Waals surface area contributed by atoms with Gasteiger partial charge in [-0.25, -0.2) is 18.7 Å². The highest BCUT2D eigenvalue weighted by Crippen LogP contribution is 2.33. The van der Waals surface area contributed by atoms with Crippen molar-refractivity contribution in [1.29, 1.82) is 0 Å². The minimum atomic E-state index is -2.73. The first kappa shape index (κ1) is 21.9. The Morgan fingerprint density at radius 3 is 2.50 bits per heavy atom. The molecule has 1 aliphatic heterocycles. The minimum Gasteiger partial charge on any atom is -0.454 e. The van der Waals surface area contributed by atoms with Crippen molar-refractivity contribution in [2.75, 3.05) is 18.7 Å². The van der Waals surface area contributed by atoms with Gasteiger partial charge in [0.05, 0.1) is 0 Å². The first-order valence-corrected chi connectivity index (χ1v) is 8.94. The van der Waals surface area contributed by atoms with Crippen LogP contribution in [0.15, 0.2) is 24.5 Å². The van der Waals surface area contributed by atoms with Gasteiger partial charge in [0.1, 0.15) is 22.9 Å². The van der Waals surface area contributed by atoms with E-state index in [1.807, 2.05) is 45.9 Å². The summed E-state index contributed by atoms with van der Waals surface area (Å²) in [6, 6.07) is 5.64. The van der Waals surface area contributed by atoms with Gasteiger partial charge in [-0.2, -0.15) is 0 Å². The van der Waals surface area contributed by atoms with Crippen LogP contribution in [0.2, 0.25) is 5.02 Å². The van der Waals surface area contributed by atoms with Crippen molar-refractivity contribution in [3.05, 3.63) is 40.8 Å². The Bertz CT molecular complexity index is 687. The Hall–Kier alpha value is -2.15. The molecule has 2 heterocycles. The molecule has 2 aromatic rings. The fraction of sp³-hybridized carbons (Fsp3) is 0.444. The van der Waals surface area contributed by atoms with Crippen molar-refractivity contribution < 1.29 is 18.3 Å². The molecule has 26 heavy (non-hydrogen) atoms. The second kappa shape index (κ2) is 11.5. The van der Waals surface area contributed by atoms with Gasteiger partial charge in [0.25, 0.3) is 6.43 Å². The number of nitrogens with one attached hydrogen (secondary N) is 1.